The summed E-state index contributed by atoms with van der Waals surface area (Å²) < 4.78 is 51.1. The number of halogens is 4. The van der Waals surface area contributed by atoms with Crippen molar-refractivity contribution in [2.75, 3.05) is 5.73 Å². The highest BCUT2D eigenvalue weighted by molar-refractivity contribution is 5.50. The van der Waals surface area contributed by atoms with Crippen molar-refractivity contribution in [3.05, 3.63) is 65.0 Å². The van der Waals surface area contributed by atoms with Crippen LogP contribution in [0.3, 0.4) is 0 Å². The average Bonchev–Trinajstić information content (AvgIpc) is 2.37. The van der Waals surface area contributed by atoms with Gasteiger partial charge in [0.15, 0.2) is 0 Å². The summed E-state index contributed by atoms with van der Waals surface area (Å²) in [6.45, 7) is 0. The van der Waals surface area contributed by atoms with E-state index in [4.69, 9.17) is 5.73 Å². The highest BCUT2D eigenvalue weighted by Crippen LogP contribution is 2.33. The van der Waals surface area contributed by atoms with Gasteiger partial charge in [0, 0.05) is 17.7 Å². The van der Waals surface area contributed by atoms with Gasteiger partial charge in [0.2, 0.25) is 0 Å². The van der Waals surface area contributed by atoms with Gasteiger partial charge in [-0.05, 0) is 35.9 Å². The molecule has 0 saturated heterocycles. The Morgan fingerprint density at radius 2 is 1.81 bits per heavy atom. The number of nitrogens with two attached hydrogens (primary N) is 1. The topological polar surface area (TPSA) is 46.2 Å². The molecule has 21 heavy (non-hydrogen) atoms. The summed E-state index contributed by atoms with van der Waals surface area (Å²) in [7, 11) is 0. The van der Waals surface area contributed by atoms with Gasteiger partial charge < -0.3 is 10.8 Å². The molecule has 2 aromatic carbocycles. The first-order chi connectivity index (χ1) is 9.77. The van der Waals surface area contributed by atoms with Gasteiger partial charge in [-0.1, -0.05) is 12.1 Å². The Hall–Kier alpha value is -2.08. The Morgan fingerprint density at radius 1 is 1.10 bits per heavy atom. The smallest absolute Gasteiger partial charge is 0.398 e. The Labute approximate surface area is 118 Å². The van der Waals surface area contributed by atoms with Crippen molar-refractivity contribution in [3.8, 4) is 0 Å². The van der Waals surface area contributed by atoms with E-state index in [1.807, 2.05) is 0 Å². The zero-order valence-corrected chi connectivity index (χ0v) is 10.9. The molecule has 2 rings (SSSR count). The van der Waals surface area contributed by atoms with Gasteiger partial charge in [-0.15, -0.1) is 0 Å². The van der Waals surface area contributed by atoms with Crippen molar-refractivity contribution < 1.29 is 22.7 Å². The Balaban J connectivity index is 2.28. The molecule has 0 aliphatic heterocycles. The summed E-state index contributed by atoms with van der Waals surface area (Å²) in [5.41, 5.74) is 5.25. The number of anilines is 1. The first kappa shape index (κ1) is 15.3. The van der Waals surface area contributed by atoms with E-state index in [2.05, 4.69) is 0 Å². The quantitative estimate of drug-likeness (QED) is 0.670. The zero-order valence-electron chi connectivity index (χ0n) is 10.9. The largest absolute Gasteiger partial charge is 0.416 e. The van der Waals surface area contributed by atoms with Gasteiger partial charge >= 0.3 is 6.18 Å². The van der Waals surface area contributed by atoms with Crippen LogP contribution in [0.4, 0.5) is 23.2 Å². The SMILES string of the molecule is Nc1ccc(C(F)(F)F)cc1C(O)Cc1cccc(F)c1. The molecule has 112 valence electrons. The number of hydrogen-bond acceptors (Lipinski definition) is 2. The van der Waals surface area contributed by atoms with Crippen LogP contribution in [-0.2, 0) is 12.6 Å². The first-order valence-corrected chi connectivity index (χ1v) is 6.16. The third-order valence-electron chi connectivity index (χ3n) is 3.09. The maximum atomic E-state index is 13.1. The summed E-state index contributed by atoms with van der Waals surface area (Å²) in [4.78, 5) is 0. The fourth-order valence-corrected chi connectivity index (χ4v) is 2.04. The van der Waals surface area contributed by atoms with E-state index >= 15 is 0 Å². The fourth-order valence-electron chi connectivity index (χ4n) is 2.04. The summed E-state index contributed by atoms with van der Waals surface area (Å²) in [5, 5.41) is 10.1. The zero-order chi connectivity index (χ0) is 15.6. The van der Waals surface area contributed by atoms with Crippen LogP contribution in [0.2, 0.25) is 0 Å². The third-order valence-corrected chi connectivity index (χ3v) is 3.09. The molecule has 0 bridgehead atoms. The molecule has 6 heteroatoms. The van der Waals surface area contributed by atoms with Crippen LogP contribution in [0.25, 0.3) is 0 Å². The molecule has 1 unspecified atom stereocenters. The fraction of sp³-hybridized carbons (Fsp3) is 0.200. The molecule has 2 nitrogen and oxygen atoms in total. The number of aliphatic hydroxyl groups excluding tert-OH is 1. The second-order valence-electron chi connectivity index (χ2n) is 4.69. The molecule has 1 atom stereocenters. The van der Waals surface area contributed by atoms with E-state index in [0.717, 1.165) is 18.2 Å². The van der Waals surface area contributed by atoms with Crippen molar-refractivity contribution in [1.82, 2.24) is 0 Å². The van der Waals surface area contributed by atoms with E-state index in [-0.39, 0.29) is 17.7 Å². The molecule has 0 amide bonds. The first-order valence-electron chi connectivity index (χ1n) is 6.16. The molecule has 0 aromatic heterocycles. The van der Waals surface area contributed by atoms with Crippen molar-refractivity contribution in [2.24, 2.45) is 0 Å². The number of aliphatic hydroxyl groups is 1. The van der Waals surface area contributed by atoms with Crippen LogP contribution in [0, 0.1) is 5.82 Å². The van der Waals surface area contributed by atoms with Crippen LogP contribution in [0.5, 0.6) is 0 Å². The second-order valence-corrected chi connectivity index (χ2v) is 4.69. The van der Waals surface area contributed by atoms with Gasteiger partial charge in [-0.25, -0.2) is 4.39 Å². The number of benzene rings is 2. The molecule has 0 aliphatic carbocycles. The van der Waals surface area contributed by atoms with Crippen molar-refractivity contribution in [2.45, 2.75) is 18.7 Å². The summed E-state index contributed by atoms with van der Waals surface area (Å²) in [6, 6.07) is 8.28. The Morgan fingerprint density at radius 3 is 2.43 bits per heavy atom. The van der Waals surface area contributed by atoms with Crippen LogP contribution in [0.1, 0.15) is 22.8 Å². The van der Waals surface area contributed by atoms with Crippen molar-refractivity contribution in [3.63, 3.8) is 0 Å². The minimum absolute atomic E-state index is 0.0194. The molecule has 0 fully saturated rings. The van der Waals surface area contributed by atoms with Crippen LogP contribution in [-0.4, -0.2) is 5.11 Å². The minimum Gasteiger partial charge on any atom is -0.398 e. The number of hydrogen-bond donors (Lipinski definition) is 2. The molecular formula is C15H13F4NO. The average molecular weight is 299 g/mol. The van der Waals surface area contributed by atoms with E-state index < -0.39 is 23.7 Å². The van der Waals surface area contributed by atoms with E-state index in [9.17, 15) is 22.7 Å². The molecule has 0 radical (unpaired) electrons. The molecule has 3 N–H and O–H groups in total. The van der Waals surface area contributed by atoms with Crippen LogP contribution < -0.4 is 5.73 Å². The van der Waals surface area contributed by atoms with Gasteiger partial charge in [0.25, 0.3) is 0 Å². The summed E-state index contributed by atoms with van der Waals surface area (Å²) in [5.74, 6) is -0.475. The van der Waals surface area contributed by atoms with Crippen LogP contribution >= 0.6 is 0 Å². The molecule has 0 aliphatic rings. The van der Waals surface area contributed by atoms with Gasteiger partial charge in [0.1, 0.15) is 5.82 Å². The van der Waals surface area contributed by atoms with Gasteiger partial charge in [0.05, 0.1) is 11.7 Å². The predicted molar refractivity (Wildman–Crippen MR) is 70.9 cm³/mol. The standard InChI is InChI=1S/C15H13F4NO/c16-11-3-1-2-9(6-11)7-14(21)12-8-10(15(17,18)19)4-5-13(12)20/h1-6,8,14,21H,7,20H2. The predicted octanol–water partition coefficient (Wildman–Crippen LogP) is 3.70. The Kier molecular flexibility index (Phi) is 4.18. The van der Waals surface area contributed by atoms with Crippen molar-refractivity contribution in [1.29, 1.82) is 0 Å². The van der Waals surface area contributed by atoms with Crippen molar-refractivity contribution >= 4 is 5.69 Å². The molecule has 2 aromatic rings. The molecular weight excluding hydrogens is 286 g/mol. The maximum absolute atomic E-state index is 13.1. The maximum Gasteiger partial charge on any atom is 0.416 e. The van der Waals surface area contributed by atoms with Gasteiger partial charge in [-0.3, -0.25) is 0 Å². The Bertz CT molecular complexity index is 640. The summed E-state index contributed by atoms with van der Waals surface area (Å²) in [6.07, 6.45) is -5.78. The lowest BCUT2D eigenvalue weighted by Crippen LogP contribution is -2.10. The number of nitrogen functional groups attached to an aromatic ring is 1. The second kappa shape index (κ2) is 5.73. The van der Waals surface area contributed by atoms with Gasteiger partial charge in [-0.2, -0.15) is 13.2 Å². The highest BCUT2D eigenvalue weighted by atomic mass is 19.4. The highest BCUT2D eigenvalue weighted by Gasteiger charge is 2.31. The lowest BCUT2D eigenvalue weighted by atomic mass is 9.98. The molecule has 0 heterocycles. The normalized spacial score (nSPS) is 13.2. The summed E-state index contributed by atoms with van der Waals surface area (Å²) >= 11 is 0. The van der Waals surface area contributed by atoms with Crippen LogP contribution in [0.15, 0.2) is 42.5 Å². The number of rotatable bonds is 3. The third kappa shape index (κ3) is 3.72. The van der Waals surface area contributed by atoms with E-state index in [1.54, 1.807) is 6.07 Å². The number of alkyl halides is 3. The monoisotopic (exact) mass is 299 g/mol. The van der Waals surface area contributed by atoms with E-state index in [1.165, 1.54) is 18.2 Å². The minimum atomic E-state index is -4.51. The molecule has 0 spiro atoms. The molecule has 0 saturated carbocycles. The lowest BCUT2D eigenvalue weighted by molar-refractivity contribution is -0.137. The van der Waals surface area contributed by atoms with E-state index in [0.29, 0.717) is 5.56 Å². The lowest BCUT2D eigenvalue weighted by Gasteiger charge is -2.16.